The molecule has 2 nitrogen and oxygen atoms in total. The Morgan fingerprint density at radius 3 is 2.05 bits per heavy atom. The number of hydrogen-bond acceptors (Lipinski definition) is 2. The Hall–Kier alpha value is -1.80. The van der Waals surface area contributed by atoms with Gasteiger partial charge in [0.25, 0.3) is 0 Å². The molecule has 2 aromatic carbocycles. The van der Waals surface area contributed by atoms with Crippen LogP contribution in [0.1, 0.15) is 34.7 Å². The molecule has 2 rings (SSSR count). The molecule has 106 valence electrons. The summed E-state index contributed by atoms with van der Waals surface area (Å²) in [5.74, 6) is 0.808. The van der Waals surface area contributed by atoms with Gasteiger partial charge in [-0.15, -0.1) is 0 Å². The van der Waals surface area contributed by atoms with E-state index in [1.54, 1.807) is 7.11 Å². The number of aliphatic hydroxyl groups is 1. The predicted octanol–water partition coefficient (Wildman–Crippen LogP) is 3.88. The van der Waals surface area contributed by atoms with Crippen LogP contribution >= 0.6 is 0 Å². The average molecular weight is 270 g/mol. The number of aryl methyl sites for hydroxylation is 3. The van der Waals surface area contributed by atoms with Crippen molar-refractivity contribution in [2.75, 3.05) is 7.11 Å². The summed E-state index contributed by atoms with van der Waals surface area (Å²) in [5, 5.41) is 11.0. The Morgan fingerprint density at radius 1 is 0.950 bits per heavy atom. The largest absolute Gasteiger partial charge is 0.497 e. The van der Waals surface area contributed by atoms with E-state index in [2.05, 4.69) is 6.07 Å². The second kappa shape index (κ2) is 5.29. The molecule has 0 aliphatic rings. The van der Waals surface area contributed by atoms with Crippen molar-refractivity contribution < 1.29 is 9.84 Å². The fourth-order valence-corrected chi connectivity index (χ4v) is 2.72. The minimum absolute atomic E-state index is 0.808. The monoisotopic (exact) mass is 270 g/mol. The highest BCUT2D eigenvalue weighted by Crippen LogP contribution is 2.33. The van der Waals surface area contributed by atoms with Crippen molar-refractivity contribution in [3.8, 4) is 5.75 Å². The van der Waals surface area contributed by atoms with Crippen molar-refractivity contribution in [1.82, 2.24) is 0 Å². The van der Waals surface area contributed by atoms with Crippen LogP contribution in [-0.4, -0.2) is 12.2 Å². The molecule has 1 N–H and O–H groups in total. The number of hydrogen-bond donors (Lipinski definition) is 1. The second-order valence-corrected chi connectivity index (χ2v) is 5.63. The van der Waals surface area contributed by atoms with Gasteiger partial charge >= 0.3 is 0 Å². The summed E-state index contributed by atoms with van der Waals surface area (Å²) in [4.78, 5) is 0. The normalized spacial score (nSPS) is 13.9. The summed E-state index contributed by atoms with van der Waals surface area (Å²) < 4.78 is 5.22. The van der Waals surface area contributed by atoms with Crippen molar-refractivity contribution in [3.63, 3.8) is 0 Å². The maximum absolute atomic E-state index is 11.0. The molecule has 0 aromatic heterocycles. The molecule has 0 radical (unpaired) electrons. The zero-order valence-electron chi connectivity index (χ0n) is 12.8. The van der Waals surface area contributed by atoms with E-state index in [1.165, 1.54) is 0 Å². The molecular formula is C18H22O2. The number of benzene rings is 2. The summed E-state index contributed by atoms with van der Waals surface area (Å²) in [6.07, 6.45) is 0. The van der Waals surface area contributed by atoms with E-state index in [4.69, 9.17) is 4.74 Å². The molecule has 20 heavy (non-hydrogen) atoms. The Balaban J connectivity index is 2.53. The van der Waals surface area contributed by atoms with Crippen molar-refractivity contribution >= 4 is 0 Å². The first kappa shape index (κ1) is 14.6. The molecular weight excluding hydrogens is 248 g/mol. The molecule has 1 atom stereocenters. The average Bonchev–Trinajstić information content (AvgIpc) is 2.37. The molecule has 1 unspecified atom stereocenters. The van der Waals surface area contributed by atoms with Crippen molar-refractivity contribution in [2.45, 2.75) is 33.3 Å². The van der Waals surface area contributed by atoms with Crippen molar-refractivity contribution in [3.05, 3.63) is 64.2 Å². The zero-order chi connectivity index (χ0) is 14.9. The molecule has 2 heteroatoms. The van der Waals surface area contributed by atoms with Crippen LogP contribution in [0.3, 0.4) is 0 Å². The van der Waals surface area contributed by atoms with Crippen LogP contribution in [0, 0.1) is 20.8 Å². The Kier molecular flexibility index (Phi) is 3.87. The van der Waals surface area contributed by atoms with E-state index >= 15 is 0 Å². The van der Waals surface area contributed by atoms with Gasteiger partial charge in [0.1, 0.15) is 11.4 Å². The van der Waals surface area contributed by atoms with Crippen LogP contribution < -0.4 is 4.74 Å². The van der Waals surface area contributed by atoms with Gasteiger partial charge in [0.05, 0.1) is 7.11 Å². The van der Waals surface area contributed by atoms with Gasteiger partial charge in [-0.3, -0.25) is 0 Å². The fourth-order valence-electron chi connectivity index (χ4n) is 2.72. The molecule has 0 heterocycles. The molecule has 0 bridgehead atoms. The van der Waals surface area contributed by atoms with Crippen LogP contribution in [0.5, 0.6) is 5.75 Å². The SMILES string of the molecule is COc1ccc(C(C)(O)c2cc(C)cc(C)c2)c(C)c1. The third-order valence-corrected chi connectivity index (χ3v) is 3.74. The van der Waals surface area contributed by atoms with E-state index in [1.807, 2.05) is 58.0 Å². The highest BCUT2D eigenvalue weighted by molar-refractivity contribution is 5.45. The summed E-state index contributed by atoms with van der Waals surface area (Å²) in [6, 6.07) is 12.0. The first-order valence-electron chi connectivity index (χ1n) is 6.81. The lowest BCUT2D eigenvalue weighted by atomic mass is 9.84. The quantitative estimate of drug-likeness (QED) is 0.917. The van der Waals surface area contributed by atoms with E-state index in [0.717, 1.165) is 33.6 Å². The van der Waals surface area contributed by atoms with Crippen molar-refractivity contribution in [2.24, 2.45) is 0 Å². The minimum Gasteiger partial charge on any atom is -0.497 e. The van der Waals surface area contributed by atoms with E-state index in [0.29, 0.717) is 0 Å². The predicted molar refractivity (Wildman–Crippen MR) is 82.3 cm³/mol. The summed E-state index contributed by atoms with van der Waals surface area (Å²) in [5.41, 5.74) is 4.16. The number of ether oxygens (including phenoxy) is 1. The molecule has 0 aliphatic carbocycles. The Labute approximate surface area is 121 Å². The van der Waals surface area contributed by atoms with E-state index < -0.39 is 5.60 Å². The maximum Gasteiger partial charge on any atom is 0.119 e. The van der Waals surface area contributed by atoms with Crippen molar-refractivity contribution in [1.29, 1.82) is 0 Å². The van der Waals surface area contributed by atoms with Gasteiger partial charge in [-0.2, -0.15) is 0 Å². The lowest BCUT2D eigenvalue weighted by Gasteiger charge is -2.27. The van der Waals surface area contributed by atoms with Crippen LogP contribution in [0.4, 0.5) is 0 Å². The van der Waals surface area contributed by atoms with Crippen LogP contribution in [-0.2, 0) is 5.60 Å². The third kappa shape index (κ3) is 2.70. The maximum atomic E-state index is 11.0. The lowest BCUT2D eigenvalue weighted by molar-refractivity contribution is 0.101. The van der Waals surface area contributed by atoms with E-state index in [9.17, 15) is 5.11 Å². The first-order chi connectivity index (χ1) is 9.34. The summed E-state index contributed by atoms with van der Waals surface area (Å²) >= 11 is 0. The third-order valence-electron chi connectivity index (χ3n) is 3.74. The Bertz CT molecular complexity index is 607. The van der Waals surface area contributed by atoms with Crippen LogP contribution in [0.2, 0.25) is 0 Å². The molecule has 2 aromatic rings. The van der Waals surface area contributed by atoms with Gasteiger partial charge in [0.2, 0.25) is 0 Å². The van der Waals surface area contributed by atoms with Gasteiger partial charge in [-0.1, -0.05) is 35.4 Å². The highest BCUT2D eigenvalue weighted by atomic mass is 16.5. The smallest absolute Gasteiger partial charge is 0.119 e. The topological polar surface area (TPSA) is 29.5 Å². The lowest BCUT2D eigenvalue weighted by Crippen LogP contribution is -2.24. The van der Waals surface area contributed by atoms with Crippen LogP contribution in [0.15, 0.2) is 36.4 Å². The summed E-state index contributed by atoms with van der Waals surface area (Å²) in [6.45, 7) is 7.94. The van der Waals surface area contributed by atoms with Gasteiger partial charge in [-0.25, -0.2) is 0 Å². The second-order valence-electron chi connectivity index (χ2n) is 5.63. The minimum atomic E-state index is -1.01. The molecule has 0 spiro atoms. The molecule has 0 saturated carbocycles. The van der Waals surface area contributed by atoms with Gasteiger partial charge in [-0.05, 0) is 56.5 Å². The fraction of sp³-hybridized carbons (Fsp3) is 0.333. The van der Waals surface area contributed by atoms with Gasteiger partial charge < -0.3 is 9.84 Å². The van der Waals surface area contributed by atoms with Gasteiger partial charge in [0, 0.05) is 0 Å². The highest BCUT2D eigenvalue weighted by Gasteiger charge is 2.27. The number of rotatable bonds is 3. The van der Waals surface area contributed by atoms with Gasteiger partial charge in [0.15, 0.2) is 0 Å². The molecule has 0 saturated heterocycles. The summed E-state index contributed by atoms with van der Waals surface area (Å²) in [7, 11) is 1.65. The molecule has 0 amide bonds. The van der Waals surface area contributed by atoms with Crippen LogP contribution in [0.25, 0.3) is 0 Å². The molecule has 0 aliphatic heterocycles. The molecule has 0 fully saturated rings. The Morgan fingerprint density at radius 2 is 1.55 bits per heavy atom. The zero-order valence-corrected chi connectivity index (χ0v) is 12.8. The first-order valence-corrected chi connectivity index (χ1v) is 6.81. The van der Waals surface area contributed by atoms with E-state index in [-0.39, 0.29) is 0 Å². The number of methoxy groups -OCH3 is 1. The standard InChI is InChI=1S/C18H22O2/c1-12-8-13(2)10-15(9-12)18(4,19)17-7-6-16(20-5)11-14(17)3/h6-11,19H,1-5H3.